The van der Waals surface area contributed by atoms with Crippen LogP contribution in [0.2, 0.25) is 0 Å². The minimum absolute atomic E-state index is 0.157. The molecule has 7 nitrogen and oxygen atoms in total. The number of ether oxygens (including phenoxy) is 3. The van der Waals surface area contributed by atoms with Crippen LogP contribution in [0.25, 0.3) is 6.08 Å². The molecule has 9 heteroatoms. The monoisotopic (exact) mass is 504 g/mol. The van der Waals surface area contributed by atoms with Gasteiger partial charge in [-0.3, -0.25) is 9.69 Å². The first-order valence-corrected chi connectivity index (χ1v) is 10.9. The predicted octanol–water partition coefficient (Wildman–Crippen LogP) is 4.88. The van der Waals surface area contributed by atoms with Crippen molar-refractivity contribution in [3.05, 3.63) is 56.9 Å². The molecule has 1 heterocycles. The molecule has 0 atom stereocenters. The first-order valence-electron chi connectivity index (χ1n) is 9.33. The van der Waals surface area contributed by atoms with Crippen LogP contribution in [-0.4, -0.2) is 49.8 Å². The van der Waals surface area contributed by atoms with E-state index in [9.17, 15) is 9.59 Å². The van der Waals surface area contributed by atoms with Crippen LogP contribution in [0.15, 0.2) is 50.8 Å². The average Bonchev–Trinajstić information content (AvgIpc) is 3.03. The van der Waals surface area contributed by atoms with E-state index in [2.05, 4.69) is 20.9 Å². The van der Waals surface area contributed by atoms with Gasteiger partial charge in [-0.1, -0.05) is 15.9 Å². The van der Waals surface area contributed by atoms with Crippen molar-refractivity contribution in [2.45, 2.75) is 6.92 Å². The fourth-order valence-corrected chi connectivity index (χ4v) is 4.20. The van der Waals surface area contributed by atoms with Gasteiger partial charge in [0.25, 0.3) is 5.91 Å². The van der Waals surface area contributed by atoms with E-state index in [1.54, 1.807) is 44.5 Å². The van der Waals surface area contributed by atoms with Crippen molar-refractivity contribution in [2.24, 2.45) is 4.99 Å². The zero-order valence-electron chi connectivity index (χ0n) is 17.5. The minimum atomic E-state index is -0.413. The van der Waals surface area contributed by atoms with Gasteiger partial charge in [0.1, 0.15) is 0 Å². The largest absolute Gasteiger partial charge is 0.493 e. The number of aliphatic imine (C=N–C) groups is 1. The second-order valence-corrected chi connectivity index (χ2v) is 8.23. The lowest BCUT2D eigenvalue weighted by atomic mass is 10.2. The summed E-state index contributed by atoms with van der Waals surface area (Å²) in [5.41, 5.74) is 1.85. The zero-order valence-corrected chi connectivity index (χ0v) is 19.9. The number of thioether (sulfide) groups is 1. The predicted molar refractivity (Wildman–Crippen MR) is 125 cm³/mol. The Kier molecular flexibility index (Phi) is 7.40. The van der Waals surface area contributed by atoms with Crippen LogP contribution in [-0.2, 0) is 9.53 Å². The van der Waals surface area contributed by atoms with Gasteiger partial charge in [-0.25, -0.2) is 9.79 Å². The lowest BCUT2D eigenvalue weighted by molar-refractivity contribution is -0.121. The maximum Gasteiger partial charge on any atom is 0.337 e. The molecule has 2 aromatic rings. The molecule has 31 heavy (non-hydrogen) atoms. The maximum absolute atomic E-state index is 12.8. The van der Waals surface area contributed by atoms with Crippen molar-refractivity contribution in [1.29, 1.82) is 0 Å². The molecule has 3 rings (SSSR count). The fraction of sp³-hybridized carbons (Fsp3) is 0.227. The van der Waals surface area contributed by atoms with E-state index in [4.69, 9.17) is 14.2 Å². The standard InChI is InChI=1S/C22H21BrN2O5S/c1-5-30-18-10-14(16(23)12-17(18)28-3)11-19-20(26)25(2)22(31-19)24-15-8-6-13(7-9-15)21(27)29-4/h6-12H,5H2,1-4H3. The SMILES string of the molecule is CCOc1cc(C=C2SC(=Nc3ccc(C(=O)OC)cc3)N(C)C2=O)c(Br)cc1OC. The Bertz CT molecular complexity index is 1070. The van der Waals surface area contributed by atoms with E-state index < -0.39 is 5.97 Å². The number of carbonyl (C=O) groups excluding carboxylic acids is 2. The Labute approximate surface area is 193 Å². The number of amidine groups is 1. The highest BCUT2D eigenvalue weighted by molar-refractivity contribution is 9.10. The molecule has 0 aliphatic carbocycles. The molecule has 0 aromatic heterocycles. The summed E-state index contributed by atoms with van der Waals surface area (Å²) in [6.45, 7) is 2.39. The van der Waals surface area contributed by atoms with Crippen LogP contribution in [0.3, 0.4) is 0 Å². The molecule has 0 unspecified atom stereocenters. The lowest BCUT2D eigenvalue weighted by Crippen LogP contribution is -2.23. The molecule has 1 amide bonds. The number of amides is 1. The Morgan fingerprint density at radius 2 is 1.90 bits per heavy atom. The molecular weight excluding hydrogens is 484 g/mol. The fourth-order valence-electron chi connectivity index (χ4n) is 2.78. The maximum atomic E-state index is 12.8. The second kappa shape index (κ2) is 10.0. The quantitative estimate of drug-likeness (QED) is 0.412. The topological polar surface area (TPSA) is 77.4 Å². The van der Waals surface area contributed by atoms with Gasteiger partial charge >= 0.3 is 5.97 Å². The van der Waals surface area contributed by atoms with E-state index >= 15 is 0 Å². The van der Waals surface area contributed by atoms with Crippen molar-refractivity contribution >= 4 is 56.5 Å². The Morgan fingerprint density at radius 3 is 2.52 bits per heavy atom. The summed E-state index contributed by atoms with van der Waals surface area (Å²) in [4.78, 5) is 30.9. The molecule has 162 valence electrons. The van der Waals surface area contributed by atoms with Crippen LogP contribution < -0.4 is 9.47 Å². The van der Waals surface area contributed by atoms with Crippen LogP contribution in [0.4, 0.5) is 5.69 Å². The zero-order chi connectivity index (χ0) is 22.5. The van der Waals surface area contributed by atoms with Crippen molar-refractivity contribution < 1.29 is 23.8 Å². The number of hydrogen-bond donors (Lipinski definition) is 0. The summed E-state index contributed by atoms with van der Waals surface area (Å²) < 4.78 is 16.5. The molecule has 1 fully saturated rings. The van der Waals surface area contributed by atoms with Gasteiger partial charge in [-0.2, -0.15) is 0 Å². The number of nitrogens with zero attached hydrogens (tertiary/aromatic N) is 2. The average molecular weight is 505 g/mol. The Hall–Kier alpha value is -2.78. The highest BCUT2D eigenvalue weighted by atomic mass is 79.9. The summed E-state index contributed by atoms with van der Waals surface area (Å²) in [5, 5.41) is 0.539. The molecule has 0 N–H and O–H groups in total. The third-order valence-electron chi connectivity index (χ3n) is 4.39. The van der Waals surface area contributed by atoms with E-state index in [-0.39, 0.29) is 5.91 Å². The molecule has 2 aromatic carbocycles. The van der Waals surface area contributed by atoms with E-state index in [1.807, 2.05) is 19.1 Å². The summed E-state index contributed by atoms with van der Waals surface area (Å²) in [6.07, 6.45) is 1.79. The highest BCUT2D eigenvalue weighted by Crippen LogP contribution is 2.38. The number of esters is 1. The van der Waals surface area contributed by atoms with Crippen molar-refractivity contribution in [2.75, 3.05) is 27.9 Å². The highest BCUT2D eigenvalue weighted by Gasteiger charge is 2.30. The molecule has 1 saturated heterocycles. The second-order valence-electron chi connectivity index (χ2n) is 6.37. The number of rotatable bonds is 6. The van der Waals surface area contributed by atoms with E-state index in [0.717, 1.165) is 10.0 Å². The number of benzene rings is 2. The normalized spacial score (nSPS) is 16.2. The number of methoxy groups -OCH3 is 2. The van der Waals surface area contributed by atoms with Gasteiger partial charge < -0.3 is 14.2 Å². The van der Waals surface area contributed by atoms with Crippen LogP contribution >= 0.6 is 27.7 Å². The molecule has 1 aliphatic rings. The van der Waals surface area contributed by atoms with Gasteiger partial charge in [0.05, 0.1) is 37.0 Å². The van der Waals surface area contributed by atoms with Crippen LogP contribution in [0.1, 0.15) is 22.8 Å². The summed E-state index contributed by atoms with van der Waals surface area (Å²) in [7, 11) is 4.58. The first-order chi connectivity index (χ1) is 14.9. The van der Waals surface area contributed by atoms with Crippen molar-refractivity contribution in [3.63, 3.8) is 0 Å². The van der Waals surface area contributed by atoms with Gasteiger partial charge in [0, 0.05) is 11.5 Å². The third-order valence-corrected chi connectivity index (χ3v) is 6.13. The summed E-state index contributed by atoms with van der Waals surface area (Å²) in [6, 6.07) is 10.3. The molecule has 0 bridgehead atoms. The molecule has 0 saturated carbocycles. The van der Waals surface area contributed by atoms with Crippen molar-refractivity contribution in [1.82, 2.24) is 4.90 Å². The minimum Gasteiger partial charge on any atom is -0.493 e. The van der Waals surface area contributed by atoms with Crippen LogP contribution in [0.5, 0.6) is 11.5 Å². The Morgan fingerprint density at radius 1 is 1.19 bits per heavy atom. The number of likely N-dealkylation sites (N-methyl/N-ethyl adjacent to an activating group) is 1. The van der Waals surface area contributed by atoms with Gasteiger partial charge in [0.2, 0.25) is 0 Å². The van der Waals surface area contributed by atoms with E-state index in [0.29, 0.717) is 39.4 Å². The molecule has 0 radical (unpaired) electrons. The van der Waals surface area contributed by atoms with Crippen LogP contribution in [0, 0.1) is 0 Å². The summed E-state index contributed by atoms with van der Waals surface area (Å²) in [5.74, 6) is 0.638. The Balaban J connectivity index is 1.89. The van der Waals surface area contributed by atoms with Crippen molar-refractivity contribution in [3.8, 4) is 11.5 Å². The number of halogens is 1. The lowest BCUT2D eigenvalue weighted by Gasteiger charge is -2.11. The first kappa shape index (κ1) is 22.9. The molecule has 0 spiro atoms. The summed E-state index contributed by atoms with van der Waals surface area (Å²) >= 11 is 4.80. The number of hydrogen-bond acceptors (Lipinski definition) is 7. The van der Waals surface area contributed by atoms with E-state index in [1.165, 1.54) is 23.8 Å². The third kappa shape index (κ3) is 5.11. The van der Waals surface area contributed by atoms with Gasteiger partial charge in [-0.15, -0.1) is 0 Å². The molecular formula is C22H21BrN2O5S. The van der Waals surface area contributed by atoms with Gasteiger partial charge in [-0.05, 0) is 66.7 Å². The molecule has 1 aliphatic heterocycles. The number of carbonyl (C=O) groups is 2. The van der Waals surface area contributed by atoms with Gasteiger partial charge in [0.15, 0.2) is 16.7 Å². The smallest absolute Gasteiger partial charge is 0.337 e.